The molecule has 0 saturated carbocycles. The van der Waals surface area contributed by atoms with Gasteiger partial charge in [0.1, 0.15) is 0 Å². The van der Waals surface area contributed by atoms with E-state index in [1.807, 2.05) is 0 Å². The number of rotatable bonds is 0. The Hall–Kier alpha value is 0.720. The monoisotopic (exact) mass is 151 g/mol. The van der Waals surface area contributed by atoms with E-state index < -0.39 is 0 Å². The van der Waals surface area contributed by atoms with Crippen LogP contribution in [0, 0.1) is 0 Å². The van der Waals surface area contributed by atoms with E-state index in [-0.39, 0.29) is 69.3 Å². The van der Waals surface area contributed by atoms with Crippen LogP contribution in [0.25, 0.3) is 0 Å². The molecule has 8 heavy (non-hydrogen) atoms. The van der Waals surface area contributed by atoms with Crippen LogP contribution < -0.4 is 0 Å². The Morgan fingerprint density at radius 3 is 0.375 bits per heavy atom. The SMILES string of the molecule is O.O.O.O.O.O.O.[H+].[NaH]. The van der Waals surface area contributed by atoms with E-state index >= 15 is 0 Å². The Bertz CT molecular complexity index is 8.88. The average molecular weight is 151 g/mol. The molecular formula is H16NaO7+. The van der Waals surface area contributed by atoms with E-state index in [0.717, 1.165) is 0 Å². The molecule has 0 aliphatic carbocycles. The molecule has 0 heterocycles. The van der Waals surface area contributed by atoms with Crippen LogP contribution in [0.1, 0.15) is 1.43 Å². The van der Waals surface area contributed by atoms with Crippen molar-refractivity contribution in [3.05, 3.63) is 0 Å². The van der Waals surface area contributed by atoms with Crippen molar-refractivity contribution in [3.63, 3.8) is 0 Å². The Balaban J connectivity index is 0. The van der Waals surface area contributed by atoms with Crippen LogP contribution >= 0.6 is 0 Å². The summed E-state index contributed by atoms with van der Waals surface area (Å²) in [4.78, 5) is 0. The summed E-state index contributed by atoms with van der Waals surface area (Å²) in [5, 5.41) is 0. The molecule has 0 aromatic rings. The first-order valence-corrected chi connectivity index (χ1v) is 0. The van der Waals surface area contributed by atoms with Crippen LogP contribution in [0.5, 0.6) is 0 Å². The summed E-state index contributed by atoms with van der Waals surface area (Å²) in [6.07, 6.45) is 0. The predicted molar refractivity (Wildman–Crippen MR) is 33.6 cm³/mol. The quantitative estimate of drug-likeness (QED) is 0.294. The molecule has 0 atom stereocenters. The summed E-state index contributed by atoms with van der Waals surface area (Å²) in [6.45, 7) is 0. The van der Waals surface area contributed by atoms with Crippen molar-refractivity contribution >= 4 is 29.6 Å². The molecule has 0 radical (unpaired) electrons. The fourth-order valence-corrected chi connectivity index (χ4v) is 0. The van der Waals surface area contributed by atoms with Crippen LogP contribution in [0.2, 0.25) is 0 Å². The molecule has 0 aromatic heterocycles. The molecule has 0 aliphatic heterocycles. The molecule has 0 amide bonds. The van der Waals surface area contributed by atoms with Gasteiger partial charge in [-0.15, -0.1) is 0 Å². The topological polar surface area (TPSA) is 220 Å². The van der Waals surface area contributed by atoms with Crippen molar-refractivity contribution in [2.45, 2.75) is 0 Å². The summed E-state index contributed by atoms with van der Waals surface area (Å²) in [5.74, 6) is 0. The van der Waals surface area contributed by atoms with Crippen molar-refractivity contribution in [3.8, 4) is 0 Å². The first-order chi connectivity index (χ1) is 0. The fraction of sp³-hybridized carbons (Fsp3) is 0. The van der Waals surface area contributed by atoms with Crippen LogP contribution in [0.4, 0.5) is 0 Å². The van der Waals surface area contributed by atoms with Crippen LogP contribution in [-0.2, 0) is 0 Å². The van der Waals surface area contributed by atoms with Gasteiger partial charge in [0, 0.05) is 0 Å². The van der Waals surface area contributed by atoms with Gasteiger partial charge in [0.15, 0.2) is 0 Å². The van der Waals surface area contributed by atoms with Gasteiger partial charge in [-0.1, -0.05) is 0 Å². The fourth-order valence-electron chi connectivity index (χ4n) is 0. The van der Waals surface area contributed by atoms with Gasteiger partial charge in [-0.05, 0) is 0 Å². The van der Waals surface area contributed by atoms with E-state index in [0.29, 0.717) is 0 Å². The molecule has 0 aliphatic rings. The molecule has 0 unspecified atom stereocenters. The average Bonchev–Trinajstić information content (AvgIpc) is 0. The van der Waals surface area contributed by atoms with Crippen LogP contribution in [0.3, 0.4) is 0 Å². The second kappa shape index (κ2) is 672. The maximum absolute atomic E-state index is 0. The predicted octanol–water partition coefficient (Wildman–Crippen LogP) is -6.31. The zero-order chi connectivity index (χ0) is 0. The van der Waals surface area contributed by atoms with Crippen molar-refractivity contribution in [2.24, 2.45) is 0 Å². The van der Waals surface area contributed by atoms with Crippen molar-refractivity contribution in [2.75, 3.05) is 0 Å². The minimum absolute atomic E-state index is 0. The molecule has 0 fully saturated rings. The zero-order valence-electron chi connectivity index (χ0n) is 4.50. The third kappa shape index (κ3) is 424. The Morgan fingerprint density at radius 2 is 0.375 bits per heavy atom. The van der Waals surface area contributed by atoms with Gasteiger partial charge >= 0.3 is 31.0 Å². The molecule has 0 aromatic carbocycles. The molecule has 0 bridgehead atoms. The standard InChI is InChI=1S/Na.7H2O.H/h;7*1H2;/p+1. The summed E-state index contributed by atoms with van der Waals surface area (Å²) < 4.78 is 0. The number of hydrogen-bond acceptors (Lipinski definition) is 0. The third-order valence-corrected chi connectivity index (χ3v) is 0. The van der Waals surface area contributed by atoms with Gasteiger partial charge in [0.25, 0.3) is 0 Å². The first-order valence-electron chi connectivity index (χ1n) is 0. The summed E-state index contributed by atoms with van der Waals surface area (Å²) in [6, 6.07) is 0. The number of hydrogen-bond donors (Lipinski definition) is 0. The molecular weight excluding hydrogens is 135 g/mol. The van der Waals surface area contributed by atoms with Crippen LogP contribution in [-0.4, -0.2) is 67.9 Å². The van der Waals surface area contributed by atoms with Crippen molar-refractivity contribution in [1.29, 1.82) is 0 Å². The van der Waals surface area contributed by atoms with Gasteiger partial charge in [-0.2, -0.15) is 0 Å². The van der Waals surface area contributed by atoms with E-state index in [1.54, 1.807) is 0 Å². The summed E-state index contributed by atoms with van der Waals surface area (Å²) in [5.41, 5.74) is 0. The van der Waals surface area contributed by atoms with Gasteiger partial charge < -0.3 is 38.3 Å². The van der Waals surface area contributed by atoms with E-state index in [2.05, 4.69) is 0 Å². The third-order valence-electron chi connectivity index (χ3n) is 0. The summed E-state index contributed by atoms with van der Waals surface area (Å²) in [7, 11) is 0. The first kappa shape index (κ1) is 1000. The Kier molecular flexibility index (Phi) is 84300. The van der Waals surface area contributed by atoms with Gasteiger partial charge in [-0.3, -0.25) is 0 Å². The molecule has 0 rings (SSSR count). The second-order valence-corrected chi connectivity index (χ2v) is 0. The Morgan fingerprint density at radius 1 is 0.375 bits per heavy atom. The maximum atomic E-state index is 0. The molecule has 58 valence electrons. The zero-order valence-corrected chi connectivity index (χ0v) is 3.50. The summed E-state index contributed by atoms with van der Waals surface area (Å²) >= 11 is 0. The molecule has 0 spiro atoms. The van der Waals surface area contributed by atoms with Crippen LogP contribution in [0.15, 0.2) is 0 Å². The van der Waals surface area contributed by atoms with E-state index in [1.165, 1.54) is 0 Å². The molecule has 8 heteroatoms. The van der Waals surface area contributed by atoms with Crippen molar-refractivity contribution < 1.29 is 39.8 Å². The van der Waals surface area contributed by atoms with Crippen molar-refractivity contribution in [1.82, 2.24) is 0 Å². The molecule has 7 nitrogen and oxygen atoms in total. The molecule has 0 saturated heterocycles. The van der Waals surface area contributed by atoms with Gasteiger partial charge in [-0.25, -0.2) is 0 Å². The second-order valence-electron chi connectivity index (χ2n) is 0. The van der Waals surface area contributed by atoms with Gasteiger partial charge in [0.2, 0.25) is 0 Å². The molecule has 14 N–H and O–H groups in total. The van der Waals surface area contributed by atoms with E-state index in [4.69, 9.17) is 0 Å². The Labute approximate surface area is 69.6 Å². The van der Waals surface area contributed by atoms with E-state index in [9.17, 15) is 0 Å². The minimum atomic E-state index is 0. The normalized spacial score (nSPS) is 0. The van der Waals surface area contributed by atoms with Gasteiger partial charge in [0.05, 0.1) is 0 Å².